The molecule has 0 unspecified atom stereocenters. The molecule has 1 aliphatic rings. The SMILES string of the molecule is C#CCCCSC1=NCCN1. The summed E-state index contributed by atoms with van der Waals surface area (Å²) in [6.07, 6.45) is 7.08. The number of hydrogen-bond donors (Lipinski definition) is 1. The van der Waals surface area contributed by atoms with Crippen LogP contribution in [0.1, 0.15) is 12.8 Å². The summed E-state index contributed by atoms with van der Waals surface area (Å²) >= 11 is 1.77. The quantitative estimate of drug-likeness (QED) is 0.504. The van der Waals surface area contributed by atoms with E-state index in [4.69, 9.17) is 6.42 Å². The highest BCUT2D eigenvalue weighted by molar-refractivity contribution is 8.13. The molecular weight excluding hydrogens is 156 g/mol. The zero-order valence-corrected chi connectivity index (χ0v) is 7.28. The number of unbranched alkanes of at least 4 members (excludes halogenated alkanes) is 1. The van der Waals surface area contributed by atoms with Crippen LogP contribution in [0, 0.1) is 12.3 Å². The van der Waals surface area contributed by atoms with Crippen molar-refractivity contribution in [3.8, 4) is 12.3 Å². The fourth-order valence-electron chi connectivity index (χ4n) is 0.816. The van der Waals surface area contributed by atoms with Crippen molar-refractivity contribution >= 4 is 16.9 Å². The largest absolute Gasteiger partial charge is 0.363 e. The molecule has 0 aliphatic carbocycles. The van der Waals surface area contributed by atoms with Crippen molar-refractivity contribution in [3.05, 3.63) is 0 Å². The van der Waals surface area contributed by atoms with Gasteiger partial charge in [0, 0.05) is 18.7 Å². The number of amidine groups is 1. The van der Waals surface area contributed by atoms with E-state index >= 15 is 0 Å². The molecule has 60 valence electrons. The number of terminal acetylenes is 1. The first-order valence-corrected chi connectivity index (χ1v) is 4.76. The normalized spacial score (nSPS) is 15.4. The molecule has 0 aromatic rings. The molecule has 0 aromatic carbocycles. The lowest BCUT2D eigenvalue weighted by Gasteiger charge is -1.98. The molecular formula is C8H12N2S. The van der Waals surface area contributed by atoms with E-state index in [9.17, 15) is 0 Å². The summed E-state index contributed by atoms with van der Waals surface area (Å²) in [6.45, 7) is 1.93. The van der Waals surface area contributed by atoms with Crippen LogP contribution in [-0.4, -0.2) is 24.0 Å². The minimum atomic E-state index is 0.875. The predicted octanol–water partition coefficient (Wildman–Crippen LogP) is 1.09. The fourth-order valence-corrected chi connectivity index (χ4v) is 1.68. The number of thioether (sulfide) groups is 1. The zero-order chi connectivity index (χ0) is 7.94. The molecule has 11 heavy (non-hydrogen) atoms. The summed E-state index contributed by atoms with van der Waals surface area (Å²) in [6, 6.07) is 0. The molecule has 0 aromatic heterocycles. The number of nitrogens with one attached hydrogen (secondary N) is 1. The van der Waals surface area contributed by atoms with Crippen LogP contribution in [0.15, 0.2) is 4.99 Å². The van der Waals surface area contributed by atoms with Crippen LogP contribution in [0.5, 0.6) is 0 Å². The molecule has 0 radical (unpaired) electrons. The second-order valence-electron chi connectivity index (χ2n) is 2.27. The third-order valence-electron chi connectivity index (χ3n) is 1.35. The monoisotopic (exact) mass is 168 g/mol. The molecule has 2 nitrogen and oxygen atoms in total. The summed E-state index contributed by atoms with van der Waals surface area (Å²) in [7, 11) is 0. The molecule has 1 heterocycles. The predicted molar refractivity (Wildman–Crippen MR) is 50.8 cm³/mol. The Morgan fingerprint density at radius 3 is 3.27 bits per heavy atom. The van der Waals surface area contributed by atoms with Crippen molar-refractivity contribution in [3.63, 3.8) is 0 Å². The third-order valence-corrected chi connectivity index (χ3v) is 2.39. The Hall–Kier alpha value is -0.620. The molecule has 0 saturated carbocycles. The van der Waals surface area contributed by atoms with Crippen LogP contribution in [0.2, 0.25) is 0 Å². The Labute approximate surface area is 71.9 Å². The molecule has 0 saturated heterocycles. The van der Waals surface area contributed by atoms with E-state index in [1.54, 1.807) is 11.8 Å². The van der Waals surface area contributed by atoms with Crippen molar-refractivity contribution in [1.29, 1.82) is 0 Å². The van der Waals surface area contributed by atoms with Gasteiger partial charge in [-0.1, -0.05) is 11.8 Å². The van der Waals surface area contributed by atoms with Crippen LogP contribution < -0.4 is 5.32 Å². The fraction of sp³-hybridized carbons (Fsp3) is 0.625. The second kappa shape index (κ2) is 5.09. The van der Waals surface area contributed by atoms with Gasteiger partial charge in [0.05, 0.1) is 6.54 Å². The highest BCUT2D eigenvalue weighted by Gasteiger charge is 2.03. The van der Waals surface area contributed by atoms with Crippen molar-refractivity contribution in [2.24, 2.45) is 4.99 Å². The van der Waals surface area contributed by atoms with Gasteiger partial charge in [-0.3, -0.25) is 4.99 Å². The van der Waals surface area contributed by atoms with E-state index in [0.29, 0.717) is 0 Å². The highest BCUT2D eigenvalue weighted by Crippen LogP contribution is 2.07. The van der Waals surface area contributed by atoms with Crippen LogP contribution in [0.3, 0.4) is 0 Å². The average Bonchev–Trinajstić information content (AvgIpc) is 2.50. The maximum Gasteiger partial charge on any atom is 0.156 e. The van der Waals surface area contributed by atoms with Crippen molar-refractivity contribution < 1.29 is 0 Å². The van der Waals surface area contributed by atoms with Gasteiger partial charge in [0.25, 0.3) is 0 Å². The van der Waals surface area contributed by atoms with Gasteiger partial charge in [-0.25, -0.2) is 0 Å². The maximum atomic E-state index is 5.12. The molecule has 3 heteroatoms. The highest BCUT2D eigenvalue weighted by atomic mass is 32.2. The summed E-state index contributed by atoms with van der Waals surface area (Å²) in [4.78, 5) is 4.25. The van der Waals surface area contributed by atoms with Crippen molar-refractivity contribution in [2.45, 2.75) is 12.8 Å². The van der Waals surface area contributed by atoms with E-state index in [1.165, 1.54) is 0 Å². The first kappa shape index (κ1) is 8.48. The van der Waals surface area contributed by atoms with E-state index in [-0.39, 0.29) is 0 Å². The van der Waals surface area contributed by atoms with E-state index in [0.717, 1.165) is 36.9 Å². The lowest BCUT2D eigenvalue weighted by molar-refractivity contribution is 0.963. The van der Waals surface area contributed by atoms with Gasteiger partial charge in [-0.2, -0.15) is 0 Å². The van der Waals surface area contributed by atoms with Crippen LogP contribution in [0.25, 0.3) is 0 Å². The average molecular weight is 168 g/mol. The Balaban J connectivity index is 1.99. The van der Waals surface area contributed by atoms with Gasteiger partial charge < -0.3 is 5.32 Å². The minimum Gasteiger partial charge on any atom is -0.363 e. The second-order valence-corrected chi connectivity index (χ2v) is 3.35. The standard InChI is InChI=1S/C8H12N2S/c1-2-3-4-7-11-8-9-5-6-10-8/h1H,3-7H2,(H,9,10). The first-order chi connectivity index (χ1) is 5.43. The molecule has 0 bridgehead atoms. The van der Waals surface area contributed by atoms with Gasteiger partial charge in [-0.15, -0.1) is 12.3 Å². The zero-order valence-electron chi connectivity index (χ0n) is 6.47. The Bertz CT molecular complexity index is 181. The van der Waals surface area contributed by atoms with Crippen LogP contribution in [-0.2, 0) is 0 Å². The van der Waals surface area contributed by atoms with E-state index < -0.39 is 0 Å². The van der Waals surface area contributed by atoms with Crippen LogP contribution >= 0.6 is 11.8 Å². The van der Waals surface area contributed by atoms with E-state index in [2.05, 4.69) is 16.2 Å². The Kier molecular flexibility index (Phi) is 3.92. The Morgan fingerprint density at radius 1 is 1.73 bits per heavy atom. The van der Waals surface area contributed by atoms with Gasteiger partial charge in [0.2, 0.25) is 0 Å². The maximum absolute atomic E-state index is 5.12. The summed E-state index contributed by atoms with van der Waals surface area (Å²) in [5, 5.41) is 4.28. The van der Waals surface area contributed by atoms with Gasteiger partial charge >= 0.3 is 0 Å². The molecule has 0 amide bonds. The van der Waals surface area contributed by atoms with Crippen molar-refractivity contribution in [1.82, 2.24) is 5.32 Å². The summed E-state index contributed by atoms with van der Waals surface area (Å²) in [5.74, 6) is 3.70. The molecule has 0 atom stereocenters. The Morgan fingerprint density at radius 2 is 2.64 bits per heavy atom. The van der Waals surface area contributed by atoms with Crippen LogP contribution in [0.4, 0.5) is 0 Å². The van der Waals surface area contributed by atoms with Gasteiger partial charge in [0.15, 0.2) is 5.17 Å². The summed E-state index contributed by atoms with van der Waals surface area (Å²) < 4.78 is 0. The molecule has 1 N–H and O–H groups in total. The smallest absolute Gasteiger partial charge is 0.156 e. The molecule has 1 aliphatic heterocycles. The lowest BCUT2D eigenvalue weighted by atomic mass is 10.4. The lowest BCUT2D eigenvalue weighted by Crippen LogP contribution is -2.15. The van der Waals surface area contributed by atoms with E-state index in [1.807, 2.05) is 0 Å². The summed E-state index contributed by atoms with van der Waals surface area (Å²) in [5.41, 5.74) is 0. The number of nitrogens with zero attached hydrogens (tertiary/aromatic N) is 1. The topological polar surface area (TPSA) is 24.4 Å². The van der Waals surface area contributed by atoms with Gasteiger partial charge in [-0.05, 0) is 6.42 Å². The minimum absolute atomic E-state index is 0.875. The molecule has 0 fully saturated rings. The third kappa shape index (κ3) is 3.33. The molecule has 0 spiro atoms. The van der Waals surface area contributed by atoms with Gasteiger partial charge in [0.1, 0.15) is 0 Å². The number of aliphatic imine (C=N–C) groups is 1. The first-order valence-electron chi connectivity index (χ1n) is 3.78. The number of hydrogen-bond acceptors (Lipinski definition) is 3. The van der Waals surface area contributed by atoms with Crippen molar-refractivity contribution in [2.75, 3.05) is 18.8 Å². The molecule has 1 rings (SSSR count). The number of rotatable bonds is 3.